The topological polar surface area (TPSA) is 52.6 Å². The summed E-state index contributed by atoms with van der Waals surface area (Å²) < 4.78 is 13.0. The number of likely N-dealkylation sites (tertiary alicyclic amines) is 1. The second-order valence-electron chi connectivity index (χ2n) is 4.65. The quantitative estimate of drug-likeness (QED) is 0.875. The molecule has 1 aliphatic rings. The fourth-order valence-electron chi connectivity index (χ4n) is 2.08. The second-order valence-corrected chi connectivity index (χ2v) is 5.06. The summed E-state index contributed by atoms with van der Waals surface area (Å²) in [4.78, 5) is 13.4. The first-order valence-electron chi connectivity index (χ1n) is 6.21. The number of piperidine rings is 1. The molecule has 1 fully saturated rings. The third-order valence-corrected chi connectivity index (χ3v) is 3.40. The molecule has 2 rings (SSSR count). The van der Waals surface area contributed by atoms with Crippen LogP contribution in [0.2, 0.25) is 5.02 Å². The molecule has 4 nitrogen and oxygen atoms in total. The van der Waals surface area contributed by atoms with E-state index in [0.29, 0.717) is 13.1 Å². The first kappa shape index (κ1) is 14.1. The van der Waals surface area contributed by atoms with Crippen LogP contribution in [0.15, 0.2) is 18.2 Å². The lowest BCUT2D eigenvalue weighted by atomic mass is 10.1. The summed E-state index contributed by atoms with van der Waals surface area (Å²) in [5.74, 6) is -0.476. The number of β-amino-alcohol motifs (C(OH)–C–C–N with tert-alkyl or cyclic N) is 1. The highest BCUT2D eigenvalue weighted by Crippen LogP contribution is 2.16. The number of hydrogen-bond acceptors (Lipinski definition) is 2. The highest BCUT2D eigenvalue weighted by Gasteiger charge is 2.21. The van der Waals surface area contributed by atoms with Gasteiger partial charge in [-0.1, -0.05) is 17.7 Å². The molecule has 1 saturated heterocycles. The molecule has 0 aliphatic carbocycles. The van der Waals surface area contributed by atoms with Crippen molar-refractivity contribution in [2.24, 2.45) is 0 Å². The molecule has 1 aliphatic heterocycles. The fourth-order valence-corrected chi connectivity index (χ4v) is 2.28. The first-order chi connectivity index (χ1) is 9.06. The minimum Gasteiger partial charge on any atom is -0.391 e. The molecule has 1 unspecified atom stereocenters. The van der Waals surface area contributed by atoms with Crippen molar-refractivity contribution in [1.29, 1.82) is 0 Å². The Morgan fingerprint density at radius 1 is 1.58 bits per heavy atom. The summed E-state index contributed by atoms with van der Waals surface area (Å²) in [6, 6.07) is 4.11. The Morgan fingerprint density at radius 3 is 3.05 bits per heavy atom. The van der Waals surface area contributed by atoms with E-state index in [9.17, 15) is 14.3 Å². The van der Waals surface area contributed by atoms with Gasteiger partial charge < -0.3 is 15.3 Å². The van der Waals surface area contributed by atoms with Crippen LogP contribution >= 0.6 is 11.6 Å². The zero-order chi connectivity index (χ0) is 13.8. The second kappa shape index (κ2) is 6.21. The van der Waals surface area contributed by atoms with Crippen molar-refractivity contribution in [2.75, 3.05) is 13.1 Å². The lowest BCUT2D eigenvalue weighted by molar-refractivity contribution is 0.0842. The maximum Gasteiger partial charge on any atom is 0.317 e. The predicted molar refractivity (Wildman–Crippen MR) is 70.5 cm³/mol. The monoisotopic (exact) mass is 286 g/mol. The molecular formula is C13H16ClFN2O2. The van der Waals surface area contributed by atoms with E-state index in [-0.39, 0.29) is 17.6 Å². The molecule has 1 heterocycles. The number of carbonyl (C=O) groups is 1. The van der Waals surface area contributed by atoms with Gasteiger partial charge in [-0.25, -0.2) is 9.18 Å². The summed E-state index contributed by atoms with van der Waals surface area (Å²) in [7, 11) is 0. The SMILES string of the molecule is O=C(NCc1ccc(F)c(Cl)c1)N1CCCC(O)C1. The van der Waals surface area contributed by atoms with Gasteiger partial charge in [-0.05, 0) is 30.5 Å². The molecule has 0 saturated carbocycles. The molecule has 0 spiro atoms. The molecule has 104 valence electrons. The molecule has 0 bridgehead atoms. The number of nitrogens with one attached hydrogen (secondary N) is 1. The van der Waals surface area contributed by atoms with Gasteiger partial charge in [0.25, 0.3) is 0 Å². The number of nitrogens with zero attached hydrogens (tertiary/aromatic N) is 1. The maximum atomic E-state index is 13.0. The van der Waals surface area contributed by atoms with Crippen LogP contribution in [0.25, 0.3) is 0 Å². The van der Waals surface area contributed by atoms with Crippen molar-refractivity contribution in [3.8, 4) is 0 Å². The predicted octanol–water partition coefficient (Wildman–Crippen LogP) is 2.15. The van der Waals surface area contributed by atoms with E-state index in [1.54, 1.807) is 11.0 Å². The molecule has 1 aromatic rings. The third-order valence-electron chi connectivity index (χ3n) is 3.11. The van der Waals surface area contributed by atoms with Crippen molar-refractivity contribution in [3.63, 3.8) is 0 Å². The maximum absolute atomic E-state index is 13.0. The largest absolute Gasteiger partial charge is 0.391 e. The van der Waals surface area contributed by atoms with Crippen LogP contribution < -0.4 is 5.32 Å². The average Bonchev–Trinajstić information content (AvgIpc) is 2.40. The Labute approximate surface area is 116 Å². The van der Waals surface area contributed by atoms with Crippen LogP contribution in [-0.2, 0) is 6.54 Å². The number of amides is 2. The number of halogens is 2. The minimum atomic E-state index is -0.476. The van der Waals surface area contributed by atoms with Gasteiger partial charge in [0, 0.05) is 19.6 Å². The van der Waals surface area contributed by atoms with Crippen LogP contribution in [0.3, 0.4) is 0 Å². The van der Waals surface area contributed by atoms with Crippen molar-refractivity contribution >= 4 is 17.6 Å². The summed E-state index contributed by atoms with van der Waals surface area (Å²) >= 11 is 5.67. The standard InChI is InChI=1S/C13H16ClFN2O2/c14-11-6-9(3-4-12(11)15)7-16-13(19)17-5-1-2-10(18)8-17/h3-4,6,10,18H,1-2,5,7-8H2,(H,16,19). The minimum absolute atomic E-state index is 0.0418. The van der Waals surface area contributed by atoms with Crippen LogP contribution in [-0.4, -0.2) is 35.2 Å². The zero-order valence-electron chi connectivity index (χ0n) is 10.4. The number of carbonyl (C=O) groups excluding carboxylic acids is 1. The summed E-state index contributed by atoms with van der Waals surface area (Å²) in [5.41, 5.74) is 0.734. The van der Waals surface area contributed by atoms with Gasteiger partial charge in [-0.15, -0.1) is 0 Å². The first-order valence-corrected chi connectivity index (χ1v) is 6.59. The molecule has 0 aromatic heterocycles. The summed E-state index contributed by atoms with van der Waals surface area (Å²) in [6.45, 7) is 1.29. The van der Waals surface area contributed by atoms with E-state index in [1.807, 2.05) is 0 Å². The van der Waals surface area contributed by atoms with Gasteiger partial charge in [-0.3, -0.25) is 0 Å². The van der Waals surface area contributed by atoms with Crippen LogP contribution in [0, 0.1) is 5.82 Å². The number of aliphatic hydroxyl groups excluding tert-OH is 1. The van der Waals surface area contributed by atoms with Gasteiger partial charge in [0.05, 0.1) is 11.1 Å². The number of benzene rings is 1. The average molecular weight is 287 g/mol. The lowest BCUT2D eigenvalue weighted by Crippen LogP contribution is -2.46. The van der Waals surface area contributed by atoms with E-state index in [1.165, 1.54) is 12.1 Å². The van der Waals surface area contributed by atoms with Crippen LogP contribution in [0.4, 0.5) is 9.18 Å². The van der Waals surface area contributed by atoms with Crippen molar-refractivity contribution < 1.29 is 14.3 Å². The fraction of sp³-hybridized carbons (Fsp3) is 0.462. The number of urea groups is 1. The summed E-state index contributed by atoms with van der Waals surface area (Å²) in [5, 5.41) is 12.3. The van der Waals surface area contributed by atoms with Gasteiger partial charge in [0.15, 0.2) is 0 Å². The summed E-state index contributed by atoms with van der Waals surface area (Å²) in [6.07, 6.45) is 1.09. The van der Waals surface area contributed by atoms with Crippen LogP contribution in [0.1, 0.15) is 18.4 Å². The van der Waals surface area contributed by atoms with E-state index in [2.05, 4.69) is 5.32 Å². The highest BCUT2D eigenvalue weighted by molar-refractivity contribution is 6.30. The van der Waals surface area contributed by atoms with Gasteiger partial charge in [-0.2, -0.15) is 0 Å². The van der Waals surface area contributed by atoms with Crippen molar-refractivity contribution in [2.45, 2.75) is 25.5 Å². The Hall–Kier alpha value is -1.33. The zero-order valence-corrected chi connectivity index (χ0v) is 11.2. The molecular weight excluding hydrogens is 271 g/mol. The number of hydrogen-bond donors (Lipinski definition) is 2. The van der Waals surface area contributed by atoms with Gasteiger partial charge in [0.1, 0.15) is 5.82 Å². The van der Waals surface area contributed by atoms with Crippen molar-refractivity contribution in [1.82, 2.24) is 10.2 Å². The molecule has 19 heavy (non-hydrogen) atoms. The van der Waals surface area contributed by atoms with Crippen molar-refractivity contribution in [3.05, 3.63) is 34.6 Å². The number of aliphatic hydroxyl groups is 1. The number of rotatable bonds is 2. The molecule has 1 aromatic carbocycles. The molecule has 6 heteroatoms. The Bertz CT molecular complexity index is 470. The molecule has 0 radical (unpaired) electrons. The van der Waals surface area contributed by atoms with E-state index < -0.39 is 11.9 Å². The normalized spacial score (nSPS) is 19.3. The van der Waals surface area contributed by atoms with E-state index >= 15 is 0 Å². The van der Waals surface area contributed by atoms with E-state index in [0.717, 1.165) is 18.4 Å². The van der Waals surface area contributed by atoms with E-state index in [4.69, 9.17) is 11.6 Å². The molecule has 2 amide bonds. The lowest BCUT2D eigenvalue weighted by Gasteiger charge is -2.30. The van der Waals surface area contributed by atoms with Gasteiger partial charge in [0.2, 0.25) is 0 Å². The smallest absolute Gasteiger partial charge is 0.317 e. The molecule has 2 N–H and O–H groups in total. The molecule has 1 atom stereocenters. The Kier molecular flexibility index (Phi) is 4.61. The third kappa shape index (κ3) is 3.81. The van der Waals surface area contributed by atoms with Crippen LogP contribution in [0.5, 0.6) is 0 Å². The highest BCUT2D eigenvalue weighted by atomic mass is 35.5. The Balaban J connectivity index is 1.87. The van der Waals surface area contributed by atoms with Gasteiger partial charge >= 0.3 is 6.03 Å². The Morgan fingerprint density at radius 2 is 2.37 bits per heavy atom.